The van der Waals surface area contributed by atoms with Gasteiger partial charge in [-0.2, -0.15) is 0 Å². The summed E-state index contributed by atoms with van der Waals surface area (Å²) >= 11 is 0. The van der Waals surface area contributed by atoms with Crippen molar-refractivity contribution in [1.82, 2.24) is 25.1 Å². The number of tetrazole rings is 1. The van der Waals surface area contributed by atoms with Gasteiger partial charge in [-0.1, -0.05) is 19.3 Å². The van der Waals surface area contributed by atoms with Crippen molar-refractivity contribution in [3.05, 3.63) is 6.33 Å². The van der Waals surface area contributed by atoms with Crippen LogP contribution >= 0.6 is 12.4 Å². The minimum atomic E-state index is -0.583. The van der Waals surface area contributed by atoms with E-state index in [1.807, 2.05) is 4.90 Å². The summed E-state index contributed by atoms with van der Waals surface area (Å²) in [5, 5.41) is 11.6. The number of nitrogens with zero attached hydrogens (tertiary/aromatic N) is 5. The number of aromatic nitrogens is 4. The Labute approximate surface area is 142 Å². The van der Waals surface area contributed by atoms with Crippen LogP contribution in [-0.4, -0.2) is 50.1 Å². The predicted octanol–water partition coefficient (Wildman–Crippen LogP) is 0.950. The highest BCUT2D eigenvalue weighted by molar-refractivity contribution is 5.85. The highest BCUT2D eigenvalue weighted by atomic mass is 35.5. The summed E-state index contributed by atoms with van der Waals surface area (Å²) in [6, 6.07) is 0.131. The second-order valence-corrected chi connectivity index (χ2v) is 7.22. The maximum absolute atomic E-state index is 13.3. The van der Waals surface area contributed by atoms with Crippen molar-refractivity contribution >= 4 is 18.3 Å². The molecular weight excluding hydrogens is 316 g/mol. The molecule has 1 saturated heterocycles. The third-order valence-corrected chi connectivity index (χ3v) is 5.79. The lowest BCUT2D eigenvalue weighted by Gasteiger charge is -2.38. The first-order valence-corrected chi connectivity index (χ1v) is 8.49. The Morgan fingerprint density at radius 3 is 2.52 bits per heavy atom. The maximum atomic E-state index is 13.3. The van der Waals surface area contributed by atoms with E-state index in [0.29, 0.717) is 12.5 Å². The van der Waals surface area contributed by atoms with Crippen LogP contribution < -0.4 is 5.73 Å². The number of likely N-dealkylation sites (tertiary alicyclic amines) is 1. The summed E-state index contributed by atoms with van der Waals surface area (Å²) in [4.78, 5) is 15.3. The number of amides is 1. The molecule has 3 aliphatic rings. The molecule has 2 N–H and O–H groups in total. The van der Waals surface area contributed by atoms with Gasteiger partial charge in [0.1, 0.15) is 11.9 Å². The minimum Gasteiger partial charge on any atom is -0.339 e. The highest BCUT2D eigenvalue weighted by Gasteiger charge is 2.49. The number of nitrogens with two attached hydrogens (primary N) is 1. The summed E-state index contributed by atoms with van der Waals surface area (Å²) in [7, 11) is 0. The first-order chi connectivity index (χ1) is 10.7. The molecule has 2 atom stereocenters. The fraction of sp³-hybridized carbons (Fsp3) is 0.867. The van der Waals surface area contributed by atoms with E-state index in [9.17, 15) is 4.79 Å². The molecule has 4 rings (SSSR count). The van der Waals surface area contributed by atoms with Crippen LogP contribution in [0, 0.1) is 11.8 Å². The number of carbonyl (C=O) groups excluding carboxylic acids is 1. The van der Waals surface area contributed by atoms with Gasteiger partial charge < -0.3 is 10.6 Å². The molecular formula is C15H25ClN6O. The monoisotopic (exact) mass is 340 g/mol. The summed E-state index contributed by atoms with van der Waals surface area (Å²) in [5.74, 6) is 1.40. The highest BCUT2D eigenvalue weighted by Crippen LogP contribution is 2.43. The van der Waals surface area contributed by atoms with Crippen LogP contribution in [0.2, 0.25) is 0 Å². The average Bonchev–Trinajstić information content (AvgIpc) is 3.08. The Morgan fingerprint density at radius 1 is 1.17 bits per heavy atom. The zero-order chi connectivity index (χ0) is 15.2. The lowest BCUT2D eigenvalue weighted by atomic mass is 9.80. The van der Waals surface area contributed by atoms with E-state index in [2.05, 4.69) is 15.5 Å². The van der Waals surface area contributed by atoms with Gasteiger partial charge in [0.05, 0.1) is 0 Å². The van der Waals surface area contributed by atoms with Crippen molar-refractivity contribution in [2.24, 2.45) is 17.6 Å². The van der Waals surface area contributed by atoms with E-state index in [0.717, 1.165) is 38.1 Å². The molecule has 2 aliphatic carbocycles. The molecule has 0 radical (unpaired) electrons. The fourth-order valence-corrected chi connectivity index (χ4v) is 4.37. The molecule has 8 heteroatoms. The Kier molecular flexibility index (Phi) is 4.60. The number of hydrogen-bond acceptors (Lipinski definition) is 5. The van der Waals surface area contributed by atoms with Crippen LogP contribution in [0.4, 0.5) is 0 Å². The second kappa shape index (κ2) is 6.36. The van der Waals surface area contributed by atoms with Crippen LogP contribution in [0.25, 0.3) is 0 Å². The van der Waals surface area contributed by atoms with Crippen molar-refractivity contribution in [2.75, 3.05) is 13.1 Å². The van der Waals surface area contributed by atoms with E-state index in [-0.39, 0.29) is 24.4 Å². The SMILES string of the molecule is Cl.N[C@@H]1CN(C(=O)C2(n3cnnn3)CCCCC2)C[C@H]1C1CC1. The fourth-order valence-electron chi connectivity index (χ4n) is 4.37. The molecule has 7 nitrogen and oxygen atoms in total. The number of carbonyl (C=O) groups is 1. The summed E-state index contributed by atoms with van der Waals surface area (Å²) in [5.41, 5.74) is 5.72. The molecule has 2 heterocycles. The number of hydrogen-bond donors (Lipinski definition) is 1. The Bertz CT molecular complexity index is 540. The van der Waals surface area contributed by atoms with E-state index >= 15 is 0 Å². The second-order valence-electron chi connectivity index (χ2n) is 7.22. The summed E-state index contributed by atoms with van der Waals surface area (Å²) < 4.78 is 1.70. The molecule has 1 aliphatic heterocycles. The van der Waals surface area contributed by atoms with Gasteiger partial charge in [0.25, 0.3) is 5.91 Å². The summed E-state index contributed by atoms with van der Waals surface area (Å²) in [6.45, 7) is 1.50. The maximum Gasteiger partial charge on any atom is 0.250 e. The van der Waals surface area contributed by atoms with Gasteiger partial charge >= 0.3 is 0 Å². The zero-order valence-corrected chi connectivity index (χ0v) is 14.1. The van der Waals surface area contributed by atoms with E-state index in [1.54, 1.807) is 11.0 Å². The van der Waals surface area contributed by atoms with Gasteiger partial charge in [0.2, 0.25) is 0 Å². The van der Waals surface area contributed by atoms with Gasteiger partial charge in [-0.15, -0.1) is 17.5 Å². The standard InChI is InChI=1S/C15H24N6O.ClH/c16-13-9-20(8-12(13)11-4-5-11)14(22)15(6-2-1-3-7-15)21-10-17-18-19-21;/h10-13H,1-9,16H2;1H/t12-,13+;/m0./s1. The van der Waals surface area contributed by atoms with Gasteiger partial charge in [0, 0.05) is 19.1 Å². The van der Waals surface area contributed by atoms with Crippen molar-refractivity contribution in [2.45, 2.75) is 56.5 Å². The first-order valence-electron chi connectivity index (χ1n) is 8.49. The smallest absolute Gasteiger partial charge is 0.250 e. The number of rotatable bonds is 3. The van der Waals surface area contributed by atoms with Crippen molar-refractivity contribution in [1.29, 1.82) is 0 Å². The normalized spacial score (nSPS) is 30.0. The van der Waals surface area contributed by atoms with E-state index < -0.39 is 5.54 Å². The molecule has 3 fully saturated rings. The average molecular weight is 341 g/mol. The lowest BCUT2D eigenvalue weighted by Crippen LogP contribution is -2.52. The van der Waals surface area contributed by atoms with Crippen molar-refractivity contribution < 1.29 is 4.79 Å². The van der Waals surface area contributed by atoms with Gasteiger partial charge in [0.15, 0.2) is 0 Å². The molecule has 0 spiro atoms. The Hall–Kier alpha value is -1.21. The van der Waals surface area contributed by atoms with Crippen LogP contribution in [-0.2, 0) is 10.3 Å². The third kappa shape index (κ3) is 2.85. The third-order valence-electron chi connectivity index (χ3n) is 5.79. The molecule has 0 aromatic carbocycles. The van der Waals surface area contributed by atoms with E-state index in [4.69, 9.17) is 5.73 Å². The van der Waals surface area contributed by atoms with Crippen LogP contribution in [0.5, 0.6) is 0 Å². The molecule has 0 bridgehead atoms. The molecule has 2 saturated carbocycles. The minimum absolute atomic E-state index is 0. The molecule has 128 valence electrons. The molecule has 23 heavy (non-hydrogen) atoms. The van der Waals surface area contributed by atoms with E-state index in [1.165, 1.54) is 19.3 Å². The van der Waals surface area contributed by atoms with Crippen molar-refractivity contribution in [3.63, 3.8) is 0 Å². The predicted molar refractivity (Wildman–Crippen MR) is 86.9 cm³/mol. The largest absolute Gasteiger partial charge is 0.339 e. The quantitative estimate of drug-likeness (QED) is 0.884. The molecule has 0 unspecified atom stereocenters. The lowest BCUT2D eigenvalue weighted by molar-refractivity contribution is -0.142. The van der Waals surface area contributed by atoms with Crippen LogP contribution in [0.1, 0.15) is 44.9 Å². The molecule has 1 amide bonds. The summed E-state index contributed by atoms with van der Waals surface area (Å²) in [6.07, 6.45) is 9.10. The van der Waals surface area contributed by atoms with Gasteiger partial charge in [-0.05, 0) is 47.9 Å². The molecule has 1 aromatic heterocycles. The van der Waals surface area contributed by atoms with Crippen LogP contribution in [0.3, 0.4) is 0 Å². The van der Waals surface area contributed by atoms with Crippen LogP contribution in [0.15, 0.2) is 6.33 Å². The Morgan fingerprint density at radius 2 is 1.91 bits per heavy atom. The Balaban J connectivity index is 0.00000156. The molecule has 1 aromatic rings. The van der Waals surface area contributed by atoms with Gasteiger partial charge in [-0.3, -0.25) is 4.79 Å². The number of halogens is 1. The zero-order valence-electron chi connectivity index (χ0n) is 13.3. The topological polar surface area (TPSA) is 89.9 Å². The first kappa shape index (κ1) is 16.6. The van der Waals surface area contributed by atoms with Gasteiger partial charge in [-0.25, -0.2) is 4.68 Å². The van der Waals surface area contributed by atoms with Crippen molar-refractivity contribution in [3.8, 4) is 0 Å².